The number of rotatable bonds is 3. The molecule has 100 valence electrons. The van der Waals surface area contributed by atoms with Crippen LogP contribution in [0.4, 0.5) is 0 Å². The summed E-state index contributed by atoms with van der Waals surface area (Å²) in [4.78, 5) is 13.9. The van der Waals surface area contributed by atoms with Crippen LogP contribution in [0.1, 0.15) is 27.5 Å². The second-order valence-electron chi connectivity index (χ2n) is 4.73. The van der Waals surface area contributed by atoms with Gasteiger partial charge in [-0.05, 0) is 24.6 Å². The Hall–Kier alpha value is -2.60. The minimum Gasteiger partial charge on any atom is -0.322 e. The summed E-state index contributed by atoms with van der Waals surface area (Å²) in [5.74, 6) is -0.149. The summed E-state index contributed by atoms with van der Waals surface area (Å²) in [5.41, 5.74) is 2.44. The highest BCUT2D eigenvalue weighted by Gasteiger charge is 2.22. The van der Waals surface area contributed by atoms with Crippen LogP contribution in [-0.4, -0.2) is 17.9 Å². The average molecular weight is 264 g/mol. The third-order valence-corrected chi connectivity index (χ3v) is 3.21. The zero-order chi connectivity index (χ0) is 14.5. The highest BCUT2D eigenvalue weighted by Crippen LogP contribution is 2.20. The molecule has 0 fully saturated rings. The Labute approximate surface area is 119 Å². The van der Waals surface area contributed by atoms with Crippen molar-refractivity contribution in [3.05, 3.63) is 71.3 Å². The minimum absolute atomic E-state index is 0.149. The number of nitrogens with zero attached hydrogens (tertiary/aromatic N) is 2. The molecule has 0 N–H and O–H groups in total. The van der Waals surface area contributed by atoms with E-state index in [9.17, 15) is 10.1 Å². The first-order valence-electron chi connectivity index (χ1n) is 6.42. The number of nitriles is 1. The molecule has 2 aromatic carbocycles. The molecule has 1 atom stereocenters. The van der Waals surface area contributed by atoms with Gasteiger partial charge in [0, 0.05) is 12.6 Å². The van der Waals surface area contributed by atoms with Crippen LogP contribution in [0.15, 0.2) is 54.6 Å². The van der Waals surface area contributed by atoms with Crippen molar-refractivity contribution in [2.24, 2.45) is 0 Å². The van der Waals surface area contributed by atoms with Crippen molar-refractivity contribution < 1.29 is 4.79 Å². The zero-order valence-electron chi connectivity index (χ0n) is 11.6. The van der Waals surface area contributed by atoms with Gasteiger partial charge in [0.15, 0.2) is 0 Å². The molecule has 1 amide bonds. The van der Waals surface area contributed by atoms with Crippen molar-refractivity contribution >= 4 is 5.91 Å². The molecule has 0 aliphatic carbocycles. The fraction of sp³-hybridized carbons (Fsp3) is 0.176. The van der Waals surface area contributed by atoms with Gasteiger partial charge >= 0.3 is 0 Å². The summed E-state index contributed by atoms with van der Waals surface area (Å²) in [6.45, 7) is 1.94. The van der Waals surface area contributed by atoms with Crippen LogP contribution in [-0.2, 0) is 0 Å². The van der Waals surface area contributed by atoms with Gasteiger partial charge in [0.2, 0.25) is 0 Å². The van der Waals surface area contributed by atoms with Crippen molar-refractivity contribution in [2.45, 2.75) is 13.0 Å². The summed E-state index contributed by atoms with van der Waals surface area (Å²) in [6, 6.07) is 18.3. The van der Waals surface area contributed by atoms with Crippen LogP contribution in [0.2, 0.25) is 0 Å². The van der Waals surface area contributed by atoms with Gasteiger partial charge in [-0.25, -0.2) is 0 Å². The summed E-state index contributed by atoms with van der Waals surface area (Å²) in [7, 11) is 1.66. The number of carbonyl (C=O) groups is 1. The first kappa shape index (κ1) is 13.8. The van der Waals surface area contributed by atoms with Gasteiger partial charge in [0.05, 0.1) is 6.07 Å². The van der Waals surface area contributed by atoms with Gasteiger partial charge in [-0.1, -0.05) is 48.0 Å². The predicted molar refractivity (Wildman–Crippen MR) is 78.1 cm³/mol. The fourth-order valence-electron chi connectivity index (χ4n) is 2.12. The van der Waals surface area contributed by atoms with Crippen LogP contribution in [0.25, 0.3) is 0 Å². The molecule has 2 aromatic rings. The Morgan fingerprint density at radius 2 is 1.85 bits per heavy atom. The fourth-order valence-corrected chi connectivity index (χ4v) is 2.12. The van der Waals surface area contributed by atoms with Gasteiger partial charge in [-0.3, -0.25) is 4.79 Å². The largest absolute Gasteiger partial charge is 0.322 e. The molecule has 0 bridgehead atoms. The minimum atomic E-state index is -0.579. The Morgan fingerprint density at radius 3 is 2.45 bits per heavy atom. The molecule has 2 rings (SSSR count). The Kier molecular flexibility index (Phi) is 4.17. The third kappa shape index (κ3) is 2.86. The van der Waals surface area contributed by atoms with E-state index in [1.54, 1.807) is 13.1 Å². The van der Waals surface area contributed by atoms with Gasteiger partial charge in [-0.15, -0.1) is 0 Å². The van der Waals surface area contributed by atoms with Crippen molar-refractivity contribution in [3.8, 4) is 6.07 Å². The number of aryl methyl sites for hydroxylation is 1. The van der Waals surface area contributed by atoms with Crippen LogP contribution in [0, 0.1) is 18.3 Å². The van der Waals surface area contributed by atoms with Gasteiger partial charge in [-0.2, -0.15) is 5.26 Å². The number of amides is 1. The normalized spacial score (nSPS) is 11.4. The molecule has 1 unspecified atom stereocenters. The average Bonchev–Trinajstić information content (AvgIpc) is 2.48. The molecule has 0 aliphatic rings. The molecule has 0 saturated carbocycles. The van der Waals surface area contributed by atoms with Crippen molar-refractivity contribution in [3.63, 3.8) is 0 Å². The van der Waals surface area contributed by atoms with Crippen LogP contribution >= 0.6 is 0 Å². The van der Waals surface area contributed by atoms with Crippen molar-refractivity contribution in [2.75, 3.05) is 7.05 Å². The first-order chi connectivity index (χ1) is 9.63. The molecule has 0 aromatic heterocycles. The van der Waals surface area contributed by atoms with E-state index < -0.39 is 6.04 Å². The van der Waals surface area contributed by atoms with E-state index in [1.165, 1.54) is 4.90 Å². The van der Waals surface area contributed by atoms with Gasteiger partial charge < -0.3 is 4.90 Å². The van der Waals surface area contributed by atoms with E-state index in [0.717, 1.165) is 11.1 Å². The van der Waals surface area contributed by atoms with E-state index in [1.807, 2.05) is 55.5 Å². The second-order valence-corrected chi connectivity index (χ2v) is 4.73. The van der Waals surface area contributed by atoms with Crippen molar-refractivity contribution in [1.82, 2.24) is 4.90 Å². The first-order valence-corrected chi connectivity index (χ1v) is 6.42. The highest BCUT2D eigenvalue weighted by atomic mass is 16.2. The Morgan fingerprint density at radius 1 is 1.15 bits per heavy atom. The quantitative estimate of drug-likeness (QED) is 0.853. The van der Waals surface area contributed by atoms with Crippen molar-refractivity contribution in [1.29, 1.82) is 5.26 Å². The maximum absolute atomic E-state index is 12.4. The number of hydrogen-bond donors (Lipinski definition) is 0. The van der Waals surface area contributed by atoms with Gasteiger partial charge in [0.1, 0.15) is 6.04 Å². The third-order valence-electron chi connectivity index (χ3n) is 3.21. The Bertz CT molecular complexity index is 644. The predicted octanol–water partition coefficient (Wildman–Crippen LogP) is 3.33. The SMILES string of the molecule is Cc1cccc(C(=O)N(C)C(C#N)c2ccccc2)c1. The van der Waals surface area contributed by atoms with E-state index in [0.29, 0.717) is 5.56 Å². The molecule has 0 heterocycles. The van der Waals surface area contributed by atoms with Crippen LogP contribution < -0.4 is 0 Å². The molecule has 0 spiro atoms. The number of benzene rings is 2. The van der Waals surface area contributed by atoms with E-state index in [-0.39, 0.29) is 5.91 Å². The summed E-state index contributed by atoms with van der Waals surface area (Å²) in [5, 5.41) is 9.36. The molecular formula is C17H16N2O. The number of hydrogen-bond acceptors (Lipinski definition) is 2. The second kappa shape index (κ2) is 6.03. The van der Waals surface area contributed by atoms with Crippen LogP contribution in [0.3, 0.4) is 0 Å². The topological polar surface area (TPSA) is 44.1 Å². The molecule has 0 radical (unpaired) electrons. The summed E-state index contributed by atoms with van der Waals surface area (Å²) < 4.78 is 0. The summed E-state index contributed by atoms with van der Waals surface area (Å²) >= 11 is 0. The smallest absolute Gasteiger partial charge is 0.254 e. The van der Waals surface area contributed by atoms with Gasteiger partial charge in [0.25, 0.3) is 5.91 Å². The van der Waals surface area contributed by atoms with E-state index >= 15 is 0 Å². The van der Waals surface area contributed by atoms with E-state index in [2.05, 4.69) is 6.07 Å². The monoisotopic (exact) mass is 264 g/mol. The maximum Gasteiger partial charge on any atom is 0.254 e. The molecule has 20 heavy (non-hydrogen) atoms. The molecular weight excluding hydrogens is 248 g/mol. The lowest BCUT2D eigenvalue weighted by atomic mass is 10.1. The molecule has 3 nitrogen and oxygen atoms in total. The number of carbonyl (C=O) groups excluding carboxylic acids is 1. The zero-order valence-corrected chi connectivity index (χ0v) is 11.6. The standard InChI is InChI=1S/C17H16N2O/c1-13-7-6-10-15(11-13)17(20)19(2)16(12-18)14-8-4-3-5-9-14/h3-11,16H,1-2H3. The van der Waals surface area contributed by atoms with E-state index in [4.69, 9.17) is 0 Å². The lowest BCUT2D eigenvalue weighted by Gasteiger charge is -2.23. The molecule has 0 aliphatic heterocycles. The van der Waals surface area contributed by atoms with Crippen LogP contribution in [0.5, 0.6) is 0 Å². The maximum atomic E-state index is 12.4. The molecule has 0 saturated heterocycles. The Balaban J connectivity index is 2.28. The lowest BCUT2D eigenvalue weighted by Crippen LogP contribution is -2.30. The lowest BCUT2D eigenvalue weighted by molar-refractivity contribution is 0.0763. The molecule has 3 heteroatoms. The highest BCUT2D eigenvalue weighted by molar-refractivity contribution is 5.94. The summed E-state index contributed by atoms with van der Waals surface area (Å²) in [6.07, 6.45) is 0.